The van der Waals surface area contributed by atoms with Gasteiger partial charge in [-0.05, 0) is 19.8 Å². The van der Waals surface area contributed by atoms with Gasteiger partial charge in [-0.25, -0.2) is 9.59 Å². The highest BCUT2D eigenvalue weighted by Gasteiger charge is 2.25. The molecule has 2 unspecified atom stereocenters. The zero-order chi connectivity index (χ0) is 15.1. The fourth-order valence-corrected chi connectivity index (χ4v) is 1.99. The molecule has 0 aromatic carbocycles. The van der Waals surface area contributed by atoms with Crippen molar-refractivity contribution in [3.05, 3.63) is 0 Å². The summed E-state index contributed by atoms with van der Waals surface area (Å²) in [5.41, 5.74) is 0. The quantitative estimate of drug-likeness (QED) is 0.606. The summed E-state index contributed by atoms with van der Waals surface area (Å²) in [4.78, 5) is 36.1. The van der Waals surface area contributed by atoms with Crippen LogP contribution in [0.15, 0.2) is 0 Å². The first-order valence-electron chi connectivity index (χ1n) is 6.47. The average Bonchev–Trinajstić information content (AvgIpc) is 2.90. The molecule has 1 rings (SSSR count). The molecular formula is C13H19N3O4. The van der Waals surface area contributed by atoms with Gasteiger partial charge in [0.25, 0.3) is 0 Å². The molecule has 20 heavy (non-hydrogen) atoms. The molecule has 3 N–H and O–H groups in total. The molecule has 1 heterocycles. The third-order valence-electron chi connectivity index (χ3n) is 3.06. The van der Waals surface area contributed by atoms with E-state index in [1.54, 1.807) is 11.8 Å². The molecule has 0 aliphatic carbocycles. The largest absolute Gasteiger partial charge is 0.480 e. The SMILES string of the molecule is C#CCC(NC(=O)NC(C)C(=O)N1CCCC1)C(=O)O. The number of terminal acetylenes is 1. The van der Waals surface area contributed by atoms with E-state index < -0.39 is 24.1 Å². The number of carboxylic acid groups (broad SMARTS) is 1. The van der Waals surface area contributed by atoms with Gasteiger partial charge in [-0.1, -0.05) is 0 Å². The number of nitrogens with zero attached hydrogens (tertiary/aromatic N) is 1. The second-order valence-corrected chi connectivity index (χ2v) is 4.67. The number of aliphatic carboxylic acids is 1. The molecule has 0 saturated carbocycles. The highest BCUT2D eigenvalue weighted by atomic mass is 16.4. The smallest absolute Gasteiger partial charge is 0.327 e. The van der Waals surface area contributed by atoms with Crippen LogP contribution in [0.3, 0.4) is 0 Å². The maximum atomic E-state index is 12.0. The number of hydrogen-bond acceptors (Lipinski definition) is 3. The summed E-state index contributed by atoms with van der Waals surface area (Å²) in [5, 5.41) is 13.5. The van der Waals surface area contributed by atoms with Crippen LogP contribution < -0.4 is 10.6 Å². The first-order chi connectivity index (χ1) is 9.45. The monoisotopic (exact) mass is 281 g/mol. The van der Waals surface area contributed by atoms with Crippen molar-refractivity contribution in [3.8, 4) is 12.3 Å². The third-order valence-corrected chi connectivity index (χ3v) is 3.06. The first-order valence-corrected chi connectivity index (χ1v) is 6.47. The molecule has 1 fully saturated rings. The molecule has 7 nitrogen and oxygen atoms in total. The lowest BCUT2D eigenvalue weighted by molar-refractivity contribution is -0.139. The zero-order valence-electron chi connectivity index (χ0n) is 11.4. The molecule has 0 bridgehead atoms. The average molecular weight is 281 g/mol. The second kappa shape index (κ2) is 7.38. The molecule has 7 heteroatoms. The van der Waals surface area contributed by atoms with Crippen LogP contribution >= 0.6 is 0 Å². The highest BCUT2D eigenvalue weighted by molar-refractivity contribution is 5.88. The number of carbonyl (C=O) groups excluding carboxylic acids is 2. The van der Waals surface area contributed by atoms with Crippen molar-refractivity contribution >= 4 is 17.9 Å². The van der Waals surface area contributed by atoms with E-state index in [9.17, 15) is 14.4 Å². The van der Waals surface area contributed by atoms with E-state index in [1.807, 2.05) is 0 Å². The molecule has 3 amide bonds. The normalized spacial score (nSPS) is 16.9. The van der Waals surface area contributed by atoms with Crippen LogP contribution in [0.1, 0.15) is 26.2 Å². The molecule has 1 aliphatic heterocycles. The van der Waals surface area contributed by atoms with Gasteiger partial charge in [0.2, 0.25) is 5.91 Å². The number of amides is 3. The Bertz CT molecular complexity index is 424. The van der Waals surface area contributed by atoms with E-state index in [0.29, 0.717) is 13.1 Å². The summed E-state index contributed by atoms with van der Waals surface area (Å²) in [5.74, 6) is 0.800. The first kappa shape index (κ1) is 15.8. The number of carbonyl (C=O) groups is 3. The molecule has 0 radical (unpaired) electrons. The van der Waals surface area contributed by atoms with Gasteiger partial charge in [0.15, 0.2) is 0 Å². The van der Waals surface area contributed by atoms with Gasteiger partial charge in [-0.3, -0.25) is 4.79 Å². The number of hydrogen-bond donors (Lipinski definition) is 3. The van der Waals surface area contributed by atoms with Crippen molar-refractivity contribution in [1.82, 2.24) is 15.5 Å². The maximum Gasteiger partial charge on any atom is 0.327 e. The minimum Gasteiger partial charge on any atom is -0.480 e. The maximum absolute atomic E-state index is 12.0. The Morgan fingerprint density at radius 1 is 1.30 bits per heavy atom. The summed E-state index contributed by atoms with van der Waals surface area (Å²) in [6, 6.07) is -2.57. The van der Waals surface area contributed by atoms with Gasteiger partial charge in [0.05, 0.1) is 0 Å². The third kappa shape index (κ3) is 4.46. The van der Waals surface area contributed by atoms with E-state index in [-0.39, 0.29) is 12.3 Å². The Labute approximate surface area is 117 Å². The van der Waals surface area contributed by atoms with Gasteiger partial charge in [-0.2, -0.15) is 0 Å². The lowest BCUT2D eigenvalue weighted by Gasteiger charge is -2.22. The predicted octanol–water partition coefficient (Wildman–Crippen LogP) is -0.227. The molecule has 0 spiro atoms. The number of likely N-dealkylation sites (tertiary alicyclic amines) is 1. The molecule has 2 atom stereocenters. The number of nitrogens with one attached hydrogen (secondary N) is 2. The van der Waals surface area contributed by atoms with Crippen molar-refractivity contribution < 1.29 is 19.5 Å². The summed E-state index contributed by atoms with van der Waals surface area (Å²) in [6.45, 7) is 2.96. The molecule has 0 aromatic heterocycles. The Kier molecular flexibility index (Phi) is 5.84. The minimum absolute atomic E-state index is 0.114. The van der Waals surface area contributed by atoms with Gasteiger partial charge >= 0.3 is 12.0 Å². The summed E-state index contributed by atoms with van der Waals surface area (Å²) in [7, 11) is 0. The van der Waals surface area contributed by atoms with E-state index >= 15 is 0 Å². The van der Waals surface area contributed by atoms with E-state index in [2.05, 4.69) is 16.6 Å². The van der Waals surface area contributed by atoms with Crippen LogP contribution in [0.25, 0.3) is 0 Å². The molecule has 1 saturated heterocycles. The molecule has 0 aromatic rings. The predicted molar refractivity (Wildman–Crippen MR) is 71.8 cm³/mol. The van der Waals surface area contributed by atoms with Crippen molar-refractivity contribution in [2.24, 2.45) is 0 Å². The van der Waals surface area contributed by atoms with Crippen LogP contribution in [-0.2, 0) is 9.59 Å². The van der Waals surface area contributed by atoms with E-state index in [4.69, 9.17) is 11.5 Å². The standard InChI is InChI=1S/C13H19N3O4/c1-3-6-10(12(18)19)15-13(20)14-9(2)11(17)16-7-4-5-8-16/h1,9-10H,4-8H2,2H3,(H,18,19)(H2,14,15,20). The second-order valence-electron chi connectivity index (χ2n) is 4.67. The lowest BCUT2D eigenvalue weighted by Crippen LogP contribution is -2.52. The van der Waals surface area contributed by atoms with Crippen molar-refractivity contribution in [1.29, 1.82) is 0 Å². The van der Waals surface area contributed by atoms with E-state index in [0.717, 1.165) is 12.8 Å². The summed E-state index contributed by atoms with van der Waals surface area (Å²) < 4.78 is 0. The van der Waals surface area contributed by atoms with Gasteiger partial charge in [0, 0.05) is 19.5 Å². The number of urea groups is 1. The van der Waals surface area contributed by atoms with Crippen molar-refractivity contribution in [3.63, 3.8) is 0 Å². The van der Waals surface area contributed by atoms with Crippen molar-refractivity contribution in [2.75, 3.05) is 13.1 Å². The Balaban J connectivity index is 2.46. The number of carboxylic acids is 1. The van der Waals surface area contributed by atoms with Crippen LogP contribution in [0.5, 0.6) is 0 Å². The van der Waals surface area contributed by atoms with Crippen molar-refractivity contribution in [2.45, 2.75) is 38.3 Å². The Morgan fingerprint density at radius 2 is 1.90 bits per heavy atom. The Morgan fingerprint density at radius 3 is 2.40 bits per heavy atom. The van der Waals surface area contributed by atoms with Crippen LogP contribution in [-0.4, -0.2) is 53.1 Å². The lowest BCUT2D eigenvalue weighted by atomic mass is 10.2. The minimum atomic E-state index is -1.21. The van der Waals surface area contributed by atoms with Gasteiger partial charge in [-0.15, -0.1) is 12.3 Å². The zero-order valence-corrected chi connectivity index (χ0v) is 11.4. The fourth-order valence-electron chi connectivity index (χ4n) is 1.99. The van der Waals surface area contributed by atoms with Crippen LogP contribution in [0.2, 0.25) is 0 Å². The molecule has 110 valence electrons. The van der Waals surface area contributed by atoms with Crippen LogP contribution in [0, 0.1) is 12.3 Å². The Hall–Kier alpha value is -2.23. The van der Waals surface area contributed by atoms with Gasteiger partial charge < -0.3 is 20.6 Å². The summed E-state index contributed by atoms with van der Waals surface area (Å²) >= 11 is 0. The molecular weight excluding hydrogens is 262 g/mol. The fraction of sp³-hybridized carbons (Fsp3) is 0.615. The molecule has 1 aliphatic rings. The van der Waals surface area contributed by atoms with Crippen LogP contribution in [0.4, 0.5) is 4.79 Å². The highest BCUT2D eigenvalue weighted by Crippen LogP contribution is 2.08. The van der Waals surface area contributed by atoms with E-state index in [1.165, 1.54) is 0 Å². The number of rotatable bonds is 5. The summed E-state index contributed by atoms with van der Waals surface area (Å²) in [6.07, 6.45) is 6.85. The topological polar surface area (TPSA) is 98.7 Å². The van der Waals surface area contributed by atoms with Gasteiger partial charge in [0.1, 0.15) is 12.1 Å².